The molecule has 0 radical (unpaired) electrons. The van der Waals surface area contributed by atoms with Crippen LogP contribution in [0.5, 0.6) is 0 Å². The largest absolute Gasteiger partial charge is 0.480 e. The first kappa shape index (κ1) is 14.5. The van der Waals surface area contributed by atoms with Gasteiger partial charge < -0.3 is 10.4 Å². The Morgan fingerprint density at radius 3 is 2.89 bits per heavy atom. The third kappa shape index (κ3) is 5.18. The summed E-state index contributed by atoms with van der Waals surface area (Å²) in [5.41, 5.74) is 0.768. The Bertz CT molecular complexity index is 398. The maximum atomic E-state index is 11.7. The fourth-order valence-corrected chi connectivity index (χ4v) is 1.90. The fraction of sp³-hybridized carbons (Fsp3) is 0.417. The molecule has 0 aliphatic carbocycles. The number of aromatic nitrogens is 1. The molecule has 0 aliphatic heterocycles. The van der Waals surface area contributed by atoms with E-state index in [0.717, 1.165) is 5.56 Å². The molecule has 1 rings (SSSR count). The number of rotatable bonds is 7. The molecule has 18 heavy (non-hydrogen) atoms. The number of thioether (sulfide) groups is 1. The Morgan fingerprint density at radius 1 is 1.56 bits per heavy atom. The van der Waals surface area contributed by atoms with Crippen molar-refractivity contribution in [3.05, 3.63) is 30.1 Å². The van der Waals surface area contributed by atoms with Gasteiger partial charge in [0.1, 0.15) is 6.04 Å². The normalized spacial score (nSPS) is 11.8. The number of aliphatic carboxylic acids is 1. The summed E-state index contributed by atoms with van der Waals surface area (Å²) in [5.74, 6) is -0.593. The quantitative estimate of drug-likeness (QED) is 0.769. The maximum Gasteiger partial charge on any atom is 0.326 e. The Hall–Kier alpha value is -1.56. The first-order valence-electron chi connectivity index (χ1n) is 5.53. The lowest BCUT2D eigenvalue weighted by Gasteiger charge is -2.13. The number of carboxylic acid groups (broad SMARTS) is 1. The van der Waals surface area contributed by atoms with Gasteiger partial charge in [0, 0.05) is 12.4 Å². The minimum atomic E-state index is -0.997. The number of carbonyl (C=O) groups is 2. The van der Waals surface area contributed by atoms with Crippen LogP contribution in [0.4, 0.5) is 0 Å². The molecule has 1 amide bonds. The molecule has 5 nitrogen and oxygen atoms in total. The highest BCUT2D eigenvalue weighted by Gasteiger charge is 2.19. The van der Waals surface area contributed by atoms with E-state index in [1.807, 2.05) is 6.26 Å². The molecule has 0 aliphatic rings. The summed E-state index contributed by atoms with van der Waals surface area (Å²) in [7, 11) is 0. The lowest BCUT2D eigenvalue weighted by Crippen LogP contribution is -2.41. The number of hydrogen-bond acceptors (Lipinski definition) is 4. The Kier molecular flexibility index (Phi) is 6.21. The Balaban J connectivity index is 2.48. The smallest absolute Gasteiger partial charge is 0.326 e. The van der Waals surface area contributed by atoms with Gasteiger partial charge in [-0.15, -0.1) is 0 Å². The summed E-state index contributed by atoms with van der Waals surface area (Å²) in [6, 6.07) is 2.71. The average molecular weight is 268 g/mol. The van der Waals surface area contributed by atoms with Crippen molar-refractivity contribution in [2.75, 3.05) is 12.0 Å². The van der Waals surface area contributed by atoms with Crippen molar-refractivity contribution in [3.63, 3.8) is 0 Å². The highest BCUT2D eigenvalue weighted by Crippen LogP contribution is 2.02. The summed E-state index contributed by atoms with van der Waals surface area (Å²) in [6.07, 6.45) is 5.69. The van der Waals surface area contributed by atoms with Gasteiger partial charge in [-0.25, -0.2) is 4.79 Å². The van der Waals surface area contributed by atoms with Crippen LogP contribution in [-0.2, 0) is 16.0 Å². The zero-order chi connectivity index (χ0) is 13.4. The van der Waals surface area contributed by atoms with Crippen molar-refractivity contribution < 1.29 is 14.7 Å². The zero-order valence-corrected chi connectivity index (χ0v) is 10.9. The van der Waals surface area contributed by atoms with E-state index in [0.29, 0.717) is 12.2 Å². The molecule has 0 bridgehead atoms. The summed E-state index contributed by atoms with van der Waals surface area (Å²) in [6.45, 7) is 0. The van der Waals surface area contributed by atoms with Crippen LogP contribution in [0.2, 0.25) is 0 Å². The molecule has 6 heteroatoms. The van der Waals surface area contributed by atoms with E-state index >= 15 is 0 Å². The lowest BCUT2D eigenvalue weighted by molar-refractivity contribution is -0.141. The van der Waals surface area contributed by atoms with Crippen molar-refractivity contribution in [2.24, 2.45) is 0 Å². The number of pyridine rings is 1. The first-order chi connectivity index (χ1) is 8.63. The van der Waals surface area contributed by atoms with E-state index in [1.165, 1.54) is 0 Å². The maximum absolute atomic E-state index is 11.7. The third-order valence-electron chi connectivity index (χ3n) is 2.33. The predicted molar refractivity (Wildman–Crippen MR) is 70.5 cm³/mol. The van der Waals surface area contributed by atoms with Crippen LogP contribution in [0.25, 0.3) is 0 Å². The Labute approximate surface area is 110 Å². The minimum Gasteiger partial charge on any atom is -0.480 e. The van der Waals surface area contributed by atoms with Gasteiger partial charge >= 0.3 is 5.97 Å². The number of carboxylic acids is 1. The summed E-state index contributed by atoms with van der Waals surface area (Å²) in [4.78, 5) is 26.5. The molecule has 0 aromatic carbocycles. The van der Waals surface area contributed by atoms with E-state index < -0.39 is 12.0 Å². The second-order valence-corrected chi connectivity index (χ2v) is 4.76. The summed E-state index contributed by atoms with van der Waals surface area (Å²) in [5, 5.41) is 11.5. The zero-order valence-electron chi connectivity index (χ0n) is 10.1. The summed E-state index contributed by atoms with van der Waals surface area (Å²) < 4.78 is 0. The fourth-order valence-electron chi connectivity index (χ4n) is 1.43. The van der Waals surface area contributed by atoms with Gasteiger partial charge in [-0.3, -0.25) is 9.78 Å². The van der Waals surface area contributed by atoms with Crippen LogP contribution in [0, 0.1) is 0 Å². The number of hydrogen-bond donors (Lipinski definition) is 2. The number of nitrogens with one attached hydrogen (secondary N) is 1. The molecule has 1 atom stereocenters. The van der Waals surface area contributed by atoms with Crippen LogP contribution >= 0.6 is 11.8 Å². The molecule has 0 spiro atoms. The number of nitrogens with zero attached hydrogens (tertiary/aromatic N) is 1. The molecular formula is C12H16N2O3S. The van der Waals surface area contributed by atoms with Crippen molar-refractivity contribution >= 4 is 23.6 Å². The number of carbonyl (C=O) groups excluding carboxylic acids is 1. The molecule has 1 heterocycles. The van der Waals surface area contributed by atoms with E-state index in [1.54, 1.807) is 36.3 Å². The monoisotopic (exact) mass is 268 g/mol. The van der Waals surface area contributed by atoms with Gasteiger partial charge in [-0.2, -0.15) is 11.8 Å². The highest BCUT2D eigenvalue weighted by molar-refractivity contribution is 7.98. The van der Waals surface area contributed by atoms with Crippen LogP contribution in [0.15, 0.2) is 24.5 Å². The molecule has 1 aromatic rings. The van der Waals surface area contributed by atoms with Gasteiger partial charge in [-0.1, -0.05) is 6.07 Å². The van der Waals surface area contributed by atoms with Crippen molar-refractivity contribution in [3.8, 4) is 0 Å². The minimum absolute atomic E-state index is 0.150. The molecule has 0 saturated heterocycles. The number of amides is 1. The molecule has 98 valence electrons. The van der Waals surface area contributed by atoms with E-state index in [9.17, 15) is 9.59 Å². The van der Waals surface area contributed by atoms with Gasteiger partial charge in [0.15, 0.2) is 0 Å². The molecule has 0 fully saturated rings. The SMILES string of the molecule is CSCC[C@@H](NC(=O)Cc1cccnc1)C(=O)O. The standard InChI is InChI=1S/C12H16N2O3S/c1-18-6-4-10(12(16)17)14-11(15)7-9-3-2-5-13-8-9/h2-3,5,8,10H,4,6-7H2,1H3,(H,14,15)(H,16,17)/t10-/m1/s1. The topological polar surface area (TPSA) is 79.3 Å². The first-order valence-corrected chi connectivity index (χ1v) is 6.93. The second-order valence-electron chi connectivity index (χ2n) is 3.78. The molecule has 0 saturated carbocycles. The average Bonchev–Trinajstić information content (AvgIpc) is 2.35. The lowest BCUT2D eigenvalue weighted by atomic mass is 10.1. The van der Waals surface area contributed by atoms with Crippen LogP contribution in [0.3, 0.4) is 0 Å². The van der Waals surface area contributed by atoms with E-state index in [2.05, 4.69) is 10.3 Å². The van der Waals surface area contributed by atoms with Crippen LogP contribution in [-0.4, -0.2) is 40.0 Å². The van der Waals surface area contributed by atoms with Gasteiger partial charge in [-0.05, 0) is 30.1 Å². The summed E-state index contributed by atoms with van der Waals surface area (Å²) >= 11 is 1.55. The van der Waals surface area contributed by atoms with Gasteiger partial charge in [0.25, 0.3) is 0 Å². The second kappa shape index (κ2) is 7.71. The molecule has 2 N–H and O–H groups in total. The molecule has 1 aromatic heterocycles. The molecule has 0 unspecified atom stereocenters. The van der Waals surface area contributed by atoms with Gasteiger partial charge in [0.05, 0.1) is 6.42 Å². The third-order valence-corrected chi connectivity index (χ3v) is 2.98. The van der Waals surface area contributed by atoms with Crippen molar-refractivity contribution in [1.29, 1.82) is 0 Å². The van der Waals surface area contributed by atoms with Crippen molar-refractivity contribution in [2.45, 2.75) is 18.9 Å². The van der Waals surface area contributed by atoms with Crippen molar-refractivity contribution in [1.82, 2.24) is 10.3 Å². The Morgan fingerprint density at radius 2 is 2.33 bits per heavy atom. The van der Waals surface area contributed by atoms with Crippen LogP contribution < -0.4 is 5.32 Å². The van der Waals surface area contributed by atoms with Gasteiger partial charge in [0.2, 0.25) is 5.91 Å². The molecular weight excluding hydrogens is 252 g/mol. The van der Waals surface area contributed by atoms with E-state index in [-0.39, 0.29) is 12.3 Å². The van der Waals surface area contributed by atoms with E-state index in [4.69, 9.17) is 5.11 Å². The van der Waals surface area contributed by atoms with Crippen LogP contribution in [0.1, 0.15) is 12.0 Å². The highest BCUT2D eigenvalue weighted by atomic mass is 32.2. The predicted octanol–water partition coefficient (Wildman–Crippen LogP) is 0.947.